The lowest BCUT2D eigenvalue weighted by atomic mass is 9.39. The van der Waals surface area contributed by atoms with Gasteiger partial charge >= 0.3 is 0 Å². The standard InChI is InChI=1S/C18H30N2O/c21-16(19-9-7-14-3-1-4-14)17-11-18(12-17,13-17)20-10-8-15-5-2-6-15/h14-15,20H,1-13H2,(H,19,21). The fourth-order valence-electron chi connectivity index (χ4n) is 4.90. The van der Waals surface area contributed by atoms with Crippen LogP contribution in [0, 0.1) is 17.3 Å². The van der Waals surface area contributed by atoms with Crippen LogP contribution in [-0.2, 0) is 4.79 Å². The molecule has 0 aromatic rings. The van der Waals surface area contributed by atoms with E-state index < -0.39 is 0 Å². The topological polar surface area (TPSA) is 41.1 Å². The molecule has 3 nitrogen and oxygen atoms in total. The predicted octanol–water partition coefficient (Wildman–Crippen LogP) is 3.00. The van der Waals surface area contributed by atoms with E-state index >= 15 is 0 Å². The maximum absolute atomic E-state index is 12.3. The first-order valence-electron chi connectivity index (χ1n) is 9.23. The molecule has 5 saturated carbocycles. The quantitative estimate of drug-likeness (QED) is 0.721. The van der Waals surface area contributed by atoms with Crippen molar-refractivity contribution in [1.82, 2.24) is 10.6 Å². The Balaban J connectivity index is 1.12. The van der Waals surface area contributed by atoms with Crippen LogP contribution in [0.5, 0.6) is 0 Å². The van der Waals surface area contributed by atoms with Gasteiger partial charge in [0.1, 0.15) is 0 Å². The molecule has 21 heavy (non-hydrogen) atoms. The van der Waals surface area contributed by atoms with Gasteiger partial charge in [-0.25, -0.2) is 0 Å². The highest BCUT2D eigenvalue weighted by atomic mass is 16.2. The Morgan fingerprint density at radius 3 is 2.00 bits per heavy atom. The van der Waals surface area contributed by atoms with Crippen molar-refractivity contribution in [3.05, 3.63) is 0 Å². The summed E-state index contributed by atoms with van der Waals surface area (Å²) in [6.07, 6.45) is 14.3. The summed E-state index contributed by atoms with van der Waals surface area (Å²) in [6, 6.07) is 0. The third kappa shape index (κ3) is 2.52. The summed E-state index contributed by atoms with van der Waals surface area (Å²) >= 11 is 0. The van der Waals surface area contributed by atoms with Gasteiger partial charge in [-0.15, -0.1) is 0 Å². The fraction of sp³-hybridized carbons (Fsp3) is 0.944. The van der Waals surface area contributed by atoms with Crippen LogP contribution in [0.4, 0.5) is 0 Å². The van der Waals surface area contributed by atoms with Crippen molar-refractivity contribution in [2.75, 3.05) is 13.1 Å². The number of amides is 1. The van der Waals surface area contributed by atoms with Crippen molar-refractivity contribution in [2.45, 2.75) is 76.2 Å². The largest absolute Gasteiger partial charge is 0.356 e. The fourth-order valence-corrected chi connectivity index (χ4v) is 4.90. The van der Waals surface area contributed by atoms with Crippen molar-refractivity contribution in [3.8, 4) is 0 Å². The highest BCUT2D eigenvalue weighted by Gasteiger charge is 2.71. The smallest absolute Gasteiger partial charge is 0.226 e. The first kappa shape index (κ1) is 14.0. The van der Waals surface area contributed by atoms with Gasteiger partial charge in [0.25, 0.3) is 0 Å². The van der Waals surface area contributed by atoms with Gasteiger partial charge in [-0.1, -0.05) is 38.5 Å². The number of carbonyl (C=O) groups is 1. The Morgan fingerprint density at radius 2 is 1.48 bits per heavy atom. The Hall–Kier alpha value is -0.570. The molecule has 118 valence electrons. The Kier molecular flexibility index (Phi) is 3.52. The minimum Gasteiger partial charge on any atom is -0.356 e. The molecule has 5 aliphatic rings. The molecular weight excluding hydrogens is 260 g/mol. The third-order valence-corrected chi connectivity index (χ3v) is 6.85. The lowest BCUT2D eigenvalue weighted by Crippen LogP contribution is -2.77. The van der Waals surface area contributed by atoms with Crippen molar-refractivity contribution in [3.63, 3.8) is 0 Å². The lowest BCUT2D eigenvalue weighted by molar-refractivity contribution is -0.181. The van der Waals surface area contributed by atoms with Gasteiger partial charge in [0.15, 0.2) is 0 Å². The highest BCUT2D eigenvalue weighted by Crippen LogP contribution is 2.67. The van der Waals surface area contributed by atoms with Crippen LogP contribution in [0.2, 0.25) is 0 Å². The van der Waals surface area contributed by atoms with E-state index in [1.165, 1.54) is 57.9 Å². The van der Waals surface area contributed by atoms with Crippen molar-refractivity contribution in [2.24, 2.45) is 17.3 Å². The monoisotopic (exact) mass is 290 g/mol. The highest BCUT2D eigenvalue weighted by molar-refractivity contribution is 5.87. The molecule has 1 amide bonds. The number of hydrogen-bond donors (Lipinski definition) is 2. The van der Waals surface area contributed by atoms with E-state index in [1.54, 1.807) is 0 Å². The summed E-state index contributed by atoms with van der Waals surface area (Å²) in [6.45, 7) is 2.08. The molecule has 2 bridgehead atoms. The molecule has 0 unspecified atom stereocenters. The molecule has 0 aliphatic heterocycles. The molecule has 0 heterocycles. The van der Waals surface area contributed by atoms with E-state index in [1.807, 2.05) is 0 Å². The van der Waals surface area contributed by atoms with Gasteiger partial charge in [0.2, 0.25) is 5.91 Å². The average molecular weight is 290 g/mol. The molecule has 0 aromatic heterocycles. The second-order valence-corrected chi connectivity index (χ2v) is 8.44. The summed E-state index contributed by atoms with van der Waals surface area (Å²) in [5, 5.41) is 6.96. The number of carbonyl (C=O) groups excluding carboxylic acids is 1. The van der Waals surface area contributed by atoms with Crippen molar-refractivity contribution < 1.29 is 4.79 Å². The van der Waals surface area contributed by atoms with Gasteiger partial charge in [0, 0.05) is 12.1 Å². The molecule has 0 spiro atoms. The first-order chi connectivity index (χ1) is 10.2. The summed E-state index contributed by atoms with van der Waals surface area (Å²) < 4.78 is 0. The summed E-state index contributed by atoms with van der Waals surface area (Å²) in [5.41, 5.74) is 0.387. The van der Waals surface area contributed by atoms with E-state index in [2.05, 4.69) is 10.6 Å². The zero-order valence-electron chi connectivity index (χ0n) is 13.3. The lowest BCUT2D eigenvalue weighted by Gasteiger charge is -2.69. The number of hydrogen-bond acceptors (Lipinski definition) is 2. The van der Waals surface area contributed by atoms with Crippen LogP contribution in [0.3, 0.4) is 0 Å². The molecular formula is C18H30N2O. The van der Waals surface area contributed by atoms with Gasteiger partial charge < -0.3 is 10.6 Å². The summed E-state index contributed by atoms with van der Waals surface area (Å²) in [5.74, 6) is 2.25. The number of rotatable bonds is 8. The van der Waals surface area contributed by atoms with Crippen LogP contribution < -0.4 is 10.6 Å². The minimum absolute atomic E-state index is 0.0308. The molecule has 0 saturated heterocycles. The third-order valence-electron chi connectivity index (χ3n) is 6.85. The van der Waals surface area contributed by atoms with E-state index in [0.717, 1.165) is 37.6 Å². The zero-order valence-corrected chi connectivity index (χ0v) is 13.3. The van der Waals surface area contributed by atoms with Gasteiger partial charge in [-0.05, 0) is 50.5 Å². The maximum atomic E-state index is 12.3. The van der Waals surface area contributed by atoms with Gasteiger partial charge in [-0.3, -0.25) is 4.79 Å². The van der Waals surface area contributed by atoms with Crippen molar-refractivity contribution in [1.29, 1.82) is 0 Å². The van der Waals surface area contributed by atoms with Gasteiger partial charge in [0.05, 0.1) is 5.41 Å². The Morgan fingerprint density at radius 1 is 0.905 bits per heavy atom. The predicted molar refractivity (Wildman–Crippen MR) is 83.9 cm³/mol. The van der Waals surface area contributed by atoms with E-state index in [-0.39, 0.29) is 5.41 Å². The molecule has 0 aromatic carbocycles. The Bertz CT molecular complexity index is 392. The number of nitrogens with one attached hydrogen (secondary N) is 2. The van der Waals surface area contributed by atoms with Crippen LogP contribution in [0.15, 0.2) is 0 Å². The second-order valence-electron chi connectivity index (χ2n) is 8.44. The second kappa shape index (κ2) is 5.26. The molecule has 0 atom stereocenters. The van der Waals surface area contributed by atoms with Crippen LogP contribution in [-0.4, -0.2) is 24.5 Å². The van der Waals surface area contributed by atoms with Crippen LogP contribution >= 0.6 is 0 Å². The molecule has 5 rings (SSSR count). The minimum atomic E-state index is 0.0308. The SMILES string of the molecule is O=C(NCCC1CCC1)C12CC(NCCC3CCC3)(C1)C2. The van der Waals surface area contributed by atoms with Gasteiger partial charge in [-0.2, -0.15) is 0 Å². The van der Waals surface area contributed by atoms with E-state index in [9.17, 15) is 4.79 Å². The molecule has 3 heteroatoms. The van der Waals surface area contributed by atoms with Crippen LogP contribution in [0.25, 0.3) is 0 Å². The molecule has 5 aliphatic carbocycles. The zero-order chi connectivity index (χ0) is 14.3. The van der Waals surface area contributed by atoms with E-state index in [4.69, 9.17) is 0 Å². The first-order valence-corrected chi connectivity index (χ1v) is 9.23. The maximum Gasteiger partial charge on any atom is 0.226 e. The summed E-state index contributed by atoms with van der Waals surface area (Å²) in [4.78, 5) is 12.3. The normalized spacial score (nSPS) is 37.9. The average Bonchev–Trinajstić information content (AvgIpc) is 2.25. The molecule has 5 fully saturated rings. The van der Waals surface area contributed by atoms with Crippen LogP contribution in [0.1, 0.15) is 70.6 Å². The molecule has 0 radical (unpaired) electrons. The molecule has 2 N–H and O–H groups in total. The van der Waals surface area contributed by atoms with Crippen molar-refractivity contribution >= 4 is 5.91 Å². The van der Waals surface area contributed by atoms with E-state index in [0.29, 0.717) is 11.4 Å². The summed E-state index contributed by atoms with van der Waals surface area (Å²) in [7, 11) is 0. The Labute approximate surface area is 128 Å².